The molecule has 4 heteroatoms. The highest BCUT2D eigenvalue weighted by Crippen LogP contribution is 2.15. The quantitative estimate of drug-likeness (QED) is 0.409. The maximum Gasteiger partial charge on any atom is 0.250 e. The van der Waals surface area contributed by atoms with Crippen LogP contribution in [0.25, 0.3) is 0 Å². The topological polar surface area (TPSA) is 52.5 Å². The van der Waals surface area contributed by atoms with Gasteiger partial charge in [-0.1, -0.05) is 39.0 Å². The Morgan fingerprint density at radius 2 is 1.58 bits per heavy atom. The summed E-state index contributed by atoms with van der Waals surface area (Å²) < 4.78 is 0. The Morgan fingerprint density at radius 1 is 1.00 bits per heavy atom. The van der Waals surface area contributed by atoms with Crippen molar-refractivity contribution >= 4 is 8.53 Å². The van der Waals surface area contributed by atoms with Gasteiger partial charge in [0.1, 0.15) is 0 Å². The Labute approximate surface area is 76.2 Å². The summed E-state index contributed by atoms with van der Waals surface area (Å²) in [6.45, 7) is 2.93. The predicted octanol–water partition coefficient (Wildman–Crippen LogP) is 2.15. The fourth-order valence-electron chi connectivity index (χ4n) is 1.08. The summed E-state index contributed by atoms with van der Waals surface area (Å²) in [5.74, 6) is 0. The average molecular weight is 193 g/mol. The predicted molar refractivity (Wildman–Crippen MR) is 52.7 cm³/mol. The molecule has 0 aromatic carbocycles. The summed E-state index contributed by atoms with van der Waals surface area (Å²) in [6.07, 6.45) is 7.41. The Balaban J connectivity index is 2.82. The molecule has 12 heavy (non-hydrogen) atoms. The molecule has 0 aliphatic heterocycles. The van der Waals surface area contributed by atoms with Gasteiger partial charge in [-0.05, 0) is 6.42 Å². The molecule has 0 unspecified atom stereocenters. The summed E-state index contributed by atoms with van der Waals surface area (Å²) in [5, 5.41) is 2.61. The van der Waals surface area contributed by atoms with Crippen molar-refractivity contribution in [3.63, 3.8) is 0 Å². The van der Waals surface area contributed by atoms with Gasteiger partial charge in [-0.25, -0.2) is 0 Å². The molecule has 74 valence electrons. The first-order chi connectivity index (χ1) is 5.77. The fraction of sp³-hybridized carbons (Fsp3) is 1.00. The van der Waals surface area contributed by atoms with Crippen LogP contribution in [-0.4, -0.2) is 16.3 Å². The summed E-state index contributed by atoms with van der Waals surface area (Å²) in [4.78, 5) is 17.0. The summed E-state index contributed by atoms with van der Waals surface area (Å²) in [7, 11) is -1.88. The number of nitrogens with one attached hydrogen (secondary N) is 1. The van der Waals surface area contributed by atoms with Crippen LogP contribution in [0.4, 0.5) is 0 Å². The number of unbranched alkanes of at least 4 members (excludes halogenated alkanes) is 5. The van der Waals surface area contributed by atoms with Gasteiger partial charge >= 0.3 is 0 Å². The molecule has 0 heterocycles. The largest absolute Gasteiger partial charge is 0.338 e. The first-order valence-corrected chi connectivity index (χ1v) is 5.93. The summed E-state index contributed by atoms with van der Waals surface area (Å²) in [5.41, 5.74) is 0. The van der Waals surface area contributed by atoms with Crippen LogP contribution in [-0.2, 0) is 0 Å². The van der Waals surface area contributed by atoms with E-state index in [9.17, 15) is 0 Å². The molecule has 0 bridgehead atoms. The molecule has 0 aromatic rings. The van der Waals surface area contributed by atoms with E-state index in [1.165, 1.54) is 32.1 Å². The molecule has 0 spiro atoms. The zero-order valence-corrected chi connectivity index (χ0v) is 8.69. The third-order valence-corrected chi connectivity index (χ3v) is 2.29. The molecule has 0 atom stereocenters. The molecule has 0 aliphatic carbocycles. The zero-order chi connectivity index (χ0) is 9.23. The molecular formula is C8H20NO2P. The molecule has 0 saturated heterocycles. The Hall–Kier alpha value is 0.310. The molecule has 0 aromatic heterocycles. The van der Waals surface area contributed by atoms with Crippen molar-refractivity contribution in [1.82, 2.24) is 5.09 Å². The summed E-state index contributed by atoms with van der Waals surface area (Å²) in [6, 6.07) is 0. The van der Waals surface area contributed by atoms with Crippen molar-refractivity contribution < 1.29 is 9.79 Å². The molecule has 3 N–H and O–H groups in total. The van der Waals surface area contributed by atoms with Crippen molar-refractivity contribution in [2.45, 2.75) is 45.4 Å². The number of hydrogen-bond donors (Lipinski definition) is 3. The second-order valence-electron chi connectivity index (χ2n) is 2.97. The van der Waals surface area contributed by atoms with E-state index in [0.29, 0.717) is 0 Å². The number of rotatable bonds is 8. The van der Waals surface area contributed by atoms with Crippen LogP contribution in [0.2, 0.25) is 0 Å². The van der Waals surface area contributed by atoms with Crippen molar-refractivity contribution in [2.24, 2.45) is 0 Å². The average Bonchev–Trinajstić information content (AvgIpc) is 2.02. The van der Waals surface area contributed by atoms with Gasteiger partial charge in [0.25, 0.3) is 0 Å². The molecular weight excluding hydrogens is 173 g/mol. The highest BCUT2D eigenvalue weighted by atomic mass is 31.2. The van der Waals surface area contributed by atoms with E-state index in [4.69, 9.17) is 9.79 Å². The van der Waals surface area contributed by atoms with E-state index in [0.717, 1.165) is 13.0 Å². The van der Waals surface area contributed by atoms with Crippen LogP contribution in [0.5, 0.6) is 0 Å². The molecule has 0 radical (unpaired) electrons. The molecule has 0 fully saturated rings. The smallest absolute Gasteiger partial charge is 0.250 e. The lowest BCUT2D eigenvalue weighted by atomic mass is 10.1. The first kappa shape index (κ1) is 12.3. The van der Waals surface area contributed by atoms with Crippen LogP contribution in [0.15, 0.2) is 0 Å². The fourth-order valence-corrected chi connectivity index (χ4v) is 1.44. The number of hydrogen-bond acceptors (Lipinski definition) is 3. The van der Waals surface area contributed by atoms with Crippen LogP contribution in [0.3, 0.4) is 0 Å². The Kier molecular flexibility index (Phi) is 9.64. The van der Waals surface area contributed by atoms with Crippen molar-refractivity contribution in [3.8, 4) is 0 Å². The van der Waals surface area contributed by atoms with Gasteiger partial charge in [-0.15, -0.1) is 0 Å². The molecule has 3 nitrogen and oxygen atoms in total. The molecule has 0 amide bonds. The lowest BCUT2D eigenvalue weighted by molar-refractivity contribution is 0.462. The minimum atomic E-state index is -1.88. The van der Waals surface area contributed by atoms with E-state index in [1.54, 1.807) is 0 Å². The van der Waals surface area contributed by atoms with Crippen molar-refractivity contribution in [3.05, 3.63) is 0 Å². The summed E-state index contributed by atoms with van der Waals surface area (Å²) >= 11 is 0. The molecule has 0 aliphatic rings. The monoisotopic (exact) mass is 193 g/mol. The Bertz CT molecular complexity index is 91.1. The van der Waals surface area contributed by atoms with Crippen molar-refractivity contribution in [2.75, 3.05) is 6.54 Å². The minimum Gasteiger partial charge on any atom is -0.338 e. The van der Waals surface area contributed by atoms with E-state index in [1.807, 2.05) is 0 Å². The van der Waals surface area contributed by atoms with Gasteiger partial charge in [-0.3, -0.25) is 5.09 Å². The van der Waals surface area contributed by atoms with Gasteiger partial charge in [-0.2, -0.15) is 0 Å². The van der Waals surface area contributed by atoms with E-state index in [-0.39, 0.29) is 0 Å². The Morgan fingerprint density at radius 3 is 2.17 bits per heavy atom. The van der Waals surface area contributed by atoms with Crippen molar-refractivity contribution in [1.29, 1.82) is 0 Å². The second kappa shape index (κ2) is 9.40. The zero-order valence-electron chi connectivity index (χ0n) is 7.79. The third kappa shape index (κ3) is 10.3. The molecule has 0 rings (SSSR count). The maximum atomic E-state index is 8.50. The highest BCUT2D eigenvalue weighted by Gasteiger charge is 1.95. The van der Waals surface area contributed by atoms with E-state index >= 15 is 0 Å². The van der Waals surface area contributed by atoms with E-state index < -0.39 is 8.53 Å². The van der Waals surface area contributed by atoms with Gasteiger partial charge < -0.3 is 9.79 Å². The van der Waals surface area contributed by atoms with Crippen LogP contribution >= 0.6 is 8.53 Å². The van der Waals surface area contributed by atoms with Crippen LogP contribution in [0, 0.1) is 0 Å². The normalized spacial score (nSPS) is 11.0. The standard InChI is InChI=1S/C8H20NO2P/c1-2-3-4-5-6-7-8-9-12(10)11/h9-11H,2-8H2,1H3. The SMILES string of the molecule is CCCCCCCCNP(O)O. The second-order valence-corrected chi connectivity index (χ2v) is 3.86. The minimum absolute atomic E-state index is 0.727. The third-order valence-electron chi connectivity index (χ3n) is 1.78. The first-order valence-electron chi connectivity index (χ1n) is 4.68. The maximum absolute atomic E-state index is 8.50. The van der Waals surface area contributed by atoms with Crippen LogP contribution < -0.4 is 5.09 Å². The van der Waals surface area contributed by atoms with Gasteiger partial charge in [0.05, 0.1) is 0 Å². The highest BCUT2D eigenvalue weighted by molar-refractivity contribution is 7.42. The van der Waals surface area contributed by atoms with Gasteiger partial charge in [0, 0.05) is 6.54 Å². The lowest BCUT2D eigenvalue weighted by Crippen LogP contribution is -2.07. The van der Waals surface area contributed by atoms with Crippen LogP contribution in [0.1, 0.15) is 45.4 Å². The lowest BCUT2D eigenvalue weighted by Gasteiger charge is -2.03. The van der Waals surface area contributed by atoms with Gasteiger partial charge in [0.15, 0.2) is 0 Å². The molecule has 0 saturated carbocycles. The van der Waals surface area contributed by atoms with E-state index in [2.05, 4.69) is 12.0 Å². The van der Waals surface area contributed by atoms with Gasteiger partial charge in [0.2, 0.25) is 8.53 Å².